The van der Waals surface area contributed by atoms with Crippen molar-refractivity contribution in [2.45, 2.75) is 30.7 Å². The van der Waals surface area contributed by atoms with Crippen molar-refractivity contribution in [3.63, 3.8) is 0 Å². The number of ether oxygens (including phenoxy) is 2. The highest BCUT2D eigenvalue weighted by Gasteiger charge is 2.47. The molecule has 10 nitrogen and oxygen atoms in total. The van der Waals surface area contributed by atoms with Crippen LogP contribution >= 0.6 is 0 Å². The summed E-state index contributed by atoms with van der Waals surface area (Å²) in [6, 6.07) is 11.1. The Bertz CT molecular complexity index is 1140. The zero-order valence-corrected chi connectivity index (χ0v) is 16.0. The number of aliphatic hydroxyl groups excluding tert-OH is 4. The van der Waals surface area contributed by atoms with Crippen LogP contribution in [0.1, 0.15) is 0 Å². The minimum absolute atomic E-state index is 0.100. The fraction of sp³-hybridized carbons (Fsp3) is 0.286. The highest BCUT2D eigenvalue weighted by Crippen LogP contribution is 2.42. The van der Waals surface area contributed by atoms with E-state index in [1.807, 2.05) is 0 Å². The summed E-state index contributed by atoms with van der Waals surface area (Å²) in [6.45, 7) is -0.726. The van der Waals surface area contributed by atoms with Crippen molar-refractivity contribution in [2.24, 2.45) is 0 Å². The zero-order valence-electron chi connectivity index (χ0n) is 16.0. The summed E-state index contributed by atoms with van der Waals surface area (Å²) in [6.07, 6.45) is -7.59. The van der Waals surface area contributed by atoms with E-state index >= 15 is 0 Å². The highest BCUT2D eigenvalue weighted by atomic mass is 16.7. The number of hydrogen-bond acceptors (Lipinski definition) is 10. The van der Waals surface area contributed by atoms with Crippen LogP contribution in [0.5, 0.6) is 17.2 Å². The van der Waals surface area contributed by atoms with Crippen LogP contribution in [0.3, 0.4) is 0 Å². The highest BCUT2D eigenvalue weighted by molar-refractivity contribution is 5.89. The van der Waals surface area contributed by atoms with Gasteiger partial charge in [0.05, 0.1) is 6.61 Å². The topological polar surface area (TPSA) is 170 Å². The first-order valence-electron chi connectivity index (χ1n) is 9.37. The first kappa shape index (κ1) is 21.1. The predicted octanol–water partition coefficient (Wildman–Crippen LogP) is 0.0499. The number of phenols is 2. The summed E-state index contributed by atoms with van der Waals surface area (Å²) in [5.41, 5.74) is -0.0928. The number of benzene rings is 2. The molecule has 2 aromatic carbocycles. The maximum absolute atomic E-state index is 12.5. The maximum atomic E-state index is 12.5. The van der Waals surface area contributed by atoms with Crippen LogP contribution in [0, 0.1) is 0 Å². The van der Waals surface area contributed by atoms with E-state index in [2.05, 4.69) is 0 Å². The molecule has 10 heteroatoms. The average molecular weight is 432 g/mol. The van der Waals surface area contributed by atoms with Gasteiger partial charge in [0.1, 0.15) is 41.1 Å². The normalized spacial score (nSPS) is 24.4. The van der Waals surface area contributed by atoms with Crippen molar-refractivity contribution in [3.05, 3.63) is 52.7 Å². The molecule has 0 spiro atoms. The lowest BCUT2D eigenvalue weighted by Gasteiger charge is -2.19. The molecule has 5 atom stereocenters. The molecule has 0 saturated carbocycles. The van der Waals surface area contributed by atoms with Crippen molar-refractivity contribution in [2.75, 3.05) is 6.61 Å². The fourth-order valence-electron chi connectivity index (χ4n) is 3.42. The number of phenolic OH excluding ortho intramolecular Hbond substituents is 2. The van der Waals surface area contributed by atoms with E-state index in [0.717, 1.165) is 6.07 Å². The summed E-state index contributed by atoms with van der Waals surface area (Å²) in [5, 5.41) is 59.2. The summed E-state index contributed by atoms with van der Waals surface area (Å²) >= 11 is 0. The van der Waals surface area contributed by atoms with Crippen LogP contribution in [0.4, 0.5) is 0 Å². The molecule has 0 radical (unpaired) electrons. The molecule has 1 aromatic heterocycles. The van der Waals surface area contributed by atoms with E-state index in [1.165, 1.54) is 6.07 Å². The molecule has 1 fully saturated rings. The summed E-state index contributed by atoms with van der Waals surface area (Å²) in [4.78, 5) is 12.5. The van der Waals surface area contributed by atoms with Gasteiger partial charge >= 0.3 is 0 Å². The second-order valence-electron chi connectivity index (χ2n) is 7.10. The number of aliphatic hydroxyl groups is 4. The van der Waals surface area contributed by atoms with Crippen LogP contribution in [0.25, 0.3) is 22.3 Å². The number of hydrogen-bond donors (Lipinski definition) is 6. The Kier molecular flexibility index (Phi) is 5.56. The van der Waals surface area contributed by atoms with Gasteiger partial charge in [-0.25, -0.2) is 0 Å². The Balaban J connectivity index is 1.73. The first-order valence-corrected chi connectivity index (χ1v) is 9.37. The number of aromatic hydroxyl groups is 2. The second-order valence-corrected chi connectivity index (χ2v) is 7.10. The molecule has 0 aliphatic carbocycles. The minimum atomic E-state index is -1.63. The second kappa shape index (κ2) is 8.17. The third-order valence-corrected chi connectivity index (χ3v) is 5.06. The standard InChI is InChI=1S/C21H20O10/c22-8-11(24)20-18(27)19(28)21(31-20)30-14-7-13-15(17(26)16(14)25)10(23)6-12(29-13)9-4-2-1-3-5-9/h1-7,11,18-22,24-28H,8H2/t11-,18?,19?,20?,21?/m1/s1. The SMILES string of the molecule is O=c1cc(-c2ccccc2)oc2cc(OC3OC([C@H](O)CO)C(O)C3O)c(O)c(O)c12. The Hall–Kier alpha value is -3.15. The summed E-state index contributed by atoms with van der Waals surface area (Å²) < 4.78 is 16.4. The summed E-state index contributed by atoms with van der Waals surface area (Å²) in [5.74, 6) is -1.77. The van der Waals surface area contributed by atoms with Crippen molar-refractivity contribution in [3.8, 4) is 28.6 Å². The van der Waals surface area contributed by atoms with Crippen LogP contribution in [-0.4, -0.2) is 68.0 Å². The van der Waals surface area contributed by atoms with Crippen molar-refractivity contribution < 1.29 is 44.5 Å². The molecule has 0 bridgehead atoms. The fourth-order valence-corrected chi connectivity index (χ4v) is 3.42. The van der Waals surface area contributed by atoms with Gasteiger partial charge in [0, 0.05) is 17.7 Å². The molecule has 1 aliphatic heterocycles. The molecule has 0 amide bonds. The van der Waals surface area contributed by atoms with Crippen LogP contribution in [-0.2, 0) is 4.74 Å². The van der Waals surface area contributed by atoms with Crippen LogP contribution < -0.4 is 10.2 Å². The maximum Gasteiger partial charge on any atom is 0.229 e. The van der Waals surface area contributed by atoms with Gasteiger partial charge in [0.25, 0.3) is 0 Å². The molecule has 2 heterocycles. The first-order chi connectivity index (χ1) is 14.8. The van der Waals surface area contributed by atoms with Crippen LogP contribution in [0.2, 0.25) is 0 Å². The lowest BCUT2D eigenvalue weighted by Crippen LogP contribution is -2.40. The van der Waals surface area contributed by atoms with Gasteiger partial charge in [0.15, 0.2) is 16.9 Å². The van der Waals surface area contributed by atoms with E-state index in [4.69, 9.17) is 19.0 Å². The van der Waals surface area contributed by atoms with Gasteiger partial charge < -0.3 is 44.5 Å². The van der Waals surface area contributed by atoms with Gasteiger partial charge in [-0.3, -0.25) is 4.79 Å². The Morgan fingerprint density at radius 2 is 1.74 bits per heavy atom. The predicted molar refractivity (Wildman–Crippen MR) is 106 cm³/mol. The Labute approximate surface area is 174 Å². The van der Waals surface area contributed by atoms with Gasteiger partial charge in [-0.2, -0.15) is 0 Å². The zero-order chi connectivity index (χ0) is 22.3. The molecule has 4 unspecified atom stereocenters. The molecule has 6 N–H and O–H groups in total. The molecule has 1 saturated heterocycles. The van der Waals surface area contributed by atoms with Gasteiger partial charge in [0.2, 0.25) is 12.0 Å². The van der Waals surface area contributed by atoms with Gasteiger partial charge in [-0.05, 0) is 0 Å². The molecule has 4 rings (SSSR count). The smallest absolute Gasteiger partial charge is 0.229 e. The molecule has 1 aliphatic rings. The Morgan fingerprint density at radius 1 is 1.03 bits per heavy atom. The van der Waals surface area contributed by atoms with E-state index in [9.17, 15) is 30.3 Å². The minimum Gasteiger partial charge on any atom is -0.504 e. The lowest BCUT2D eigenvalue weighted by atomic mass is 10.1. The molecule has 164 valence electrons. The quantitative estimate of drug-likeness (QED) is 0.303. The van der Waals surface area contributed by atoms with Gasteiger partial charge in [-0.15, -0.1) is 0 Å². The van der Waals surface area contributed by atoms with Crippen molar-refractivity contribution in [1.29, 1.82) is 0 Å². The largest absolute Gasteiger partial charge is 0.504 e. The van der Waals surface area contributed by atoms with Crippen LogP contribution in [0.15, 0.2) is 51.7 Å². The summed E-state index contributed by atoms with van der Waals surface area (Å²) in [7, 11) is 0. The van der Waals surface area contributed by atoms with Crippen molar-refractivity contribution in [1.82, 2.24) is 0 Å². The molecular formula is C21H20O10. The molecule has 31 heavy (non-hydrogen) atoms. The lowest BCUT2D eigenvalue weighted by molar-refractivity contribution is -0.137. The number of rotatable bonds is 5. The van der Waals surface area contributed by atoms with E-state index in [1.54, 1.807) is 30.3 Å². The van der Waals surface area contributed by atoms with E-state index in [0.29, 0.717) is 5.56 Å². The van der Waals surface area contributed by atoms with E-state index in [-0.39, 0.29) is 16.7 Å². The third-order valence-electron chi connectivity index (χ3n) is 5.06. The van der Waals surface area contributed by atoms with Gasteiger partial charge in [-0.1, -0.05) is 30.3 Å². The third kappa shape index (κ3) is 3.71. The van der Waals surface area contributed by atoms with Crippen molar-refractivity contribution >= 4 is 11.0 Å². The van der Waals surface area contributed by atoms with E-state index < -0.39 is 60.0 Å². The monoisotopic (exact) mass is 432 g/mol. The number of fused-ring (bicyclic) bond motifs is 1. The Morgan fingerprint density at radius 3 is 2.42 bits per heavy atom. The molecule has 3 aromatic rings. The average Bonchev–Trinajstić information content (AvgIpc) is 3.05. The molecular weight excluding hydrogens is 412 g/mol.